The third kappa shape index (κ3) is 5.78. The summed E-state index contributed by atoms with van der Waals surface area (Å²) in [6.07, 6.45) is 3.32. The van der Waals surface area contributed by atoms with Gasteiger partial charge in [-0.05, 0) is 37.6 Å². The molecule has 2 N–H and O–H groups in total. The predicted octanol–water partition coefficient (Wildman–Crippen LogP) is 4.09. The van der Waals surface area contributed by atoms with Gasteiger partial charge in [-0.15, -0.1) is 0 Å². The third-order valence-electron chi connectivity index (χ3n) is 4.66. The van der Waals surface area contributed by atoms with Crippen LogP contribution in [0.1, 0.15) is 22.5 Å². The molecule has 0 aliphatic carbocycles. The SMILES string of the molecule is CN=C(NCc1ccc(-n2ccnc2C)c(F)c1)NCc1cc(C)ccc1OC(F)F. The van der Waals surface area contributed by atoms with E-state index in [1.807, 2.05) is 13.0 Å². The molecule has 0 atom stereocenters. The number of rotatable bonds is 7. The average Bonchev–Trinajstić information content (AvgIpc) is 3.15. The highest BCUT2D eigenvalue weighted by atomic mass is 19.3. The fourth-order valence-corrected chi connectivity index (χ4v) is 3.13. The second kappa shape index (κ2) is 10.0. The van der Waals surface area contributed by atoms with Crippen LogP contribution in [-0.4, -0.2) is 29.2 Å². The maximum absolute atomic E-state index is 14.6. The smallest absolute Gasteiger partial charge is 0.387 e. The zero-order valence-corrected chi connectivity index (χ0v) is 17.5. The summed E-state index contributed by atoms with van der Waals surface area (Å²) < 4.78 is 46.1. The van der Waals surface area contributed by atoms with Crippen LogP contribution in [0.25, 0.3) is 5.69 Å². The fraction of sp³-hybridized carbons (Fsp3) is 0.273. The highest BCUT2D eigenvalue weighted by Gasteiger charge is 2.11. The second-order valence-corrected chi connectivity index (χ2v) is 6.90. The van der Waals surface area contributed by atoms with Crippen molar-refractivity contribution < 1.29 is 17.9 Å². The largest absolute Gasteiger partial charge is 0.434 e. The van der Waals surface area contributed by atoms with Gasteiger partial charge in [0.05, 0.1) is 5.69 Å². The summed E-state index contributed by atoms with van der Waals surface area (Å²) in [7, 11) is 1.59. The van der Waals surface area contributed by atoms with Crippen LogP contribution in [0.2, 0.25) is 0 Å². The van der Waals surface area contributed by atoms with Crippen LogP contribution in [-0.2, 0) is 13.1 Å². The van der Waals surface area contributed by atoms with E-state index in [2.05, 4.69) is 25.3 Å². The predicted molar refractivity (Wildman–Crippen MR) is 113 cm³/mol. The number of alkyl halides is 2. The molecule has 0 aliphatic rings. The number of ether oxygens (including phenoxy) is 1. The van der Waals surface area contributed by atoms with E-state index in [0.29, 0.717) is 29.6 Å². The molecule has 1 heterocycles. The Morgan fingerprint density at radius 2 is 1.90 bits per heavy atom. The van der Waals surface area contributed by atoms with Gasteiger partial charge in [-0.1, -0.05) is 23.8 Å². The molecule has 1 aromatic heterocycles. The first kappa shape index (κ1) is 22.2. The lowest BCUT2D eigenvalue weighted by Crippen LogP contribution is -2.36. The Morgan fingerprint density at radius 3 is 2.55 bits per heavy atom. The first-order valence-electron chi connectivity index (χ1n) is 9.65. The van der Waals surface area contributed by atoms with Gasteiger partial charge >= 0.3 is 6.61 Å². The normalized spacial score (nSPS) is 11.6. The summed E-state index contributed by atoms with van der Waals surface area (Å²) in [6, 6.07) is 9.94. The number of aromatic nitrogens is 2. The standard InChI is InChI=1S/C22H24F3N5O/c1-14-4-7-20(31-21(24)25)17(10-14)13-29-22(26-3)28-12-16-5-6-19(18(23)11-16)30-9-8-27-15(30)2/h4-11,21H,12-13H2,1-3H3,(H2,26,28,29). The number of hydrogen-bond donors (Lipinski definition) is 2. The van der Waals surface area contributed by atoms with E-state index in [-0.39, 0.29) is 18.1 Å². The number of benzene rings is 2. The molecule has 6 nitrogen and oxygen atoms in total. The van der Waals surface area contributed by atoms with Gasteiger partial charge in [-0.3, -0.25) is 4.99 Å². The van der Waals surface area contributed by atoms with E-state index in [1.165, 1.54) is 12.1 Å². The molecule has 0 fully saturated rings. The van der Waals surface area contributed by atoms with Gasteiger partial charge in [0.2, 0.25) is 0 Å². The van der Waals surface area contributed by atoms with Crippen LogP contribution >= 0.6 is 0 Å². The Kier molecular flexibility index (Phi) is 7.17. The van der Waals surface area contributed by atoms with Gasteiger partial charge in [0.25, 0.3) is 0 Å². The van der Waals surface area contributed by atoms with Crippen molar-refractivity contribution in [1.82, 2.24) is 20.2 Å². The summed E-state index contributed by atoms with van der Waals surface area (Å²) >= 11 is 0. The Balaban J connectivity index is 1.62. The van der Waals surface area contributed by atoms with Gasteiger partial charge in [0, 0.05) is 38.1 Å². The molecule has 0 radical (unpaired) electrons. The lowest BCUT2D eigenvalue weighted by molar-refractivity contribution is -0.0504. The summed E-state index contributed by atoms with van der Waals surface area (Å²) in [6.45, 7) is 1.33. The van der Waals surface area contributed by atoms with Crippen LogP contribution < -0.4 is 15.4 Å². The maximum Gasteiger partial charge on any atom is 0.387 e. The van der Waals surface area contributed by atoms with Gasteiger partial charge < -0.3 is 19.9 Å². The van der Waals surface area contributed by atoms with Gasteiger partial charge in [0.15, 0.2) is 5.96 Å². The molecule has 3 aromatic rings. The molecule has 0 spiro atoms. The van der Waals surface area contributed by atoms with E-state index in [0.717, 1.165) is 11.1 Å². The number of hydrogen-bond acceptors (Lipinski definition) is 3. The minimum atomic E-state index is -2.90. The highest BCUT2D eigenvalue weighted by Crippen LogP contribution is 2.22. The van der Waals surface area contributed by atoms with Crippen molar-refractivity contribution in [1.29, 1.82) is 0 Å². The Bertz CT molecular complexity index is 1070. The Labute approximate surface area is 178 Å². The average molecular weight is 431 g/mol. The van der Waals surface area contributed by atoms with Crippen molar-refractivity contribution in [2.75, 3.05) is 7.05 Å². The minimum absolute atomic E-state index is 0.107. The minimum Gasteiger partial charge on any atom is -0.434 e. The van der Waals surface area contributed by atoms with Crippen LogP contribution in [0.4, 0.5) is 13.2 Å². The molecule has 0 saturated heterocycles. The summed E-state index contributed by atoms with van der Waals surface area (Å²) in [5, 5.41) is 6.15. The summed E-state index contributed by atoms with van der Waals surface area (Å²) in [5.74, 6) is 0.882. The van der Waals surface area contributed by atoms with Gasteiger partial charge in [-0.25, -0.2) is 9.37 Å². The first-order chi connectivity index (χ1) is 14.9. The number of imidazole rings is 1. The van der Waals surface area contributed by atoms with Crippen LogP contribution in [0.5, 0.6) is 5.75 Å². The molecule has 0 amide bonds. The Morgan fingerprint density at radius 1 is 1.13 bits per heavy atom. The van der Waals surface area contributed by atoms with Crippen LogP contribution in [0.3, 0.4) is 0 Å². The molecule has 0 aliphatic heterocycles. The van der Waals surface area contributed by atoms with Crippen molar-refractivity contribution in [3.8, 4) is 11.4 Å². The highest BCUT2D eigenvalue weighted by molar-refractivity contribution is 5.79. The molecule has 0 bridgehead atoms. The number of aryl methyl sites for hydroxylation is 2. The van der Waals surface area contributed by atoms with E-state index < -0.39 is 6.61 Å². The quantitative estimate of drug-likeness (QED) is 0.437. The molecule has 3 rings (SSSR count). The molecule has 31 heavy (non-hydrogen) atoms. The Hall–Kier alpha value is -3.49. The van der Waals surface area contributed by atoms with E-state index in [4.69, 9.17) is 0 Å². The number of aliphatic imine (C=N–C) groups is 1. The topological polar surface area (TPSA) is 63.5 Å². The van der Waals surface area contributed by atoms with Crippen molar-refractivity contribution in [2.45, 2.75) is 33.5 Å². The van der Waals surface area contributed by atoms with E-state index in [9.17, 15) is 13.2 Å². The van der Waals surface area contributed by atoms with Gasteiger partial charge in [0.1, 0.15) is 17.4 Å². The van der Waals surface area contributed by atoms with E-state index >= 15 is 0 Å². The monoisotopic (exact) mass is 431 g/mol. The number of nitrogens with zero attached hydrogens (tertiary/aromatic N) is 3. The molecular formula is C22H24F3N5O. The zero-order valence-electron chi connectivity index (χ0n) is 17.5. The molecule has 164 valence electrons. The van der Waals surface area contributed by atoms with Crippen molar-refractivity contribution in [2.24, 2.45) is 4.99 Å². The number of nitrogens with one attached hydrogen (secondary N) is 2. The molecule has 0 saturated carbocycles. The summed E-state index contributed by atoms with van der Waals surface area (Å²) in [4.78, 5) is 8.23. The third-order valence-corrected chi connectivity index (χ3v) is 4.66. The van der Waals surface area contributed by atoms with Crippen molar-refractivity contribution in [3.63, 3.8) is 0 Å². The summed E-state index contributed by atoms with van der Waals surface area (Å²) in [5.41, 5.74) is 2.64. The lowest BCUT2D eigenvalue weighted by atomic mass is 10.1. The second-order valence-electron chi connectivity index (χ2n) is 6.90. The number of halogens is 3. The molecule has 2 aromatic carbocycles. The fourth-order valence-electron chi connectivity index (χ4n) is 3.13. The van der Waals surface area contributed by atoms with Gasteiger partial charge in [-0.2, -0.15) is 8.78 Å². The van der Waals surface area contributed by atoms with Crippen LogP contribution in [0.15, 0.2) is 53.8 Å². The van der Waals surface area contributed by atoms with Crippen molar-refractivity contribution >= 4 is 5.96 Å². The zero-order chi connectivity index (χ0) is 22.4. The maximum atomic E-state index is 14.6. The lowest BCUT2D eigenvalue weighted by Gasteiger charge is -2.15. The molecule has 9 heteroatoms. The first-order valence-corrected chi connectivity index (χ1v) is 9.65. The molecule has 0 unspecified atom stereocenters. The number of guanidine groups is 1. The van der Waals surface area contributed by atoms with E-state index in [1.54, 1.807) is 49.1 Å². The van der Waals surface area contributed by atoms with Crippen LogP contribution in [0, 0.1) is 19.7 Å². The van der Waals surface area contributed by atoms with Crippen molar-refractivity contribution in [3.05, 3.63) is 77.1 Å². The molecular weight excluding hydrogens is 407 g/mol.